The number of fused-ring (bicyclic) bond motifs is 1. The molecule has 0 bridgehead atoms. The van der Waals surface area contributed by atoms with Crippen molar-refractivity contribution in [2.75, 3.05) is 5.32 Å². The van der Waals surface area contributed by atoms with Crippen molar-refractivity contribution in [1.29, 1.82) is 0 Å². The van der Waals surface area contributed by atoms with Crippen LogP contribution in [-0.4, -0.2) is 25.7 Å². The number of nitrogens with one attached hydrogen (secondary N) is 1. The molecule has 22 heavy (non-hydrogen) atoms. The number of primary amides is 1. The standard InChI is InChI=1S/C14H13N5O2S/c1-7-10-3-8(5-16-14(10)22-18-7)13(21)17-9-4-11(12(15)20)19(2)6-9/h3-6H,1-2H3,(H2,15,20)(H,17,21). The molecule has 0 saturated carbocycles. The fraction of sp³-hybridized carbons (Fsp3) is 0.143. The highest BCUT2D eigenvalue weighted by atomic mass is 32.1. The van der Waals surface area contributed by atoms with Crippen LogP contribution in [0.25, 0.3) is 10.2 Å². The molecule has 0 aliphatic heterocycles. The van der Waals surface area contributed by atoms with Gasteiger partial charge in [0.2, 0.25) is 0 Å². The van der Waals surface area contributed by atoms with Crippen LogP contribution < -0.4 is 11.1 Å². The summed E-state index contributed by atoms with van der Waals surface area (Å²) in [4.78, 5) is 28.5. The van der Waals surface area contributed by atoms with Crippen molar-refractivity contribution in [1.82, 2.24) is 13.9 Å². The summed E-state index contributed by atoms with van der Waals surface area (Å²) < 4.78 is 5.77. The first-order chi connectivity index (χ1) is 10.5. The Kier molecular flexibility index (Phi) is 3.38. The molecule has 7 nitrogen and oxygen atoms in total. The van der Waals surface area contributed by atoms with Gasteiger partial charge in [0, 0.05) is 24.8 Å². The molecule has 0 unspecified atom stereocenters. The molecule has 112 valence electrons. The Labute approximate surface area is 129 Å². The van der Waals surface area contributed by atoms with Gasteiger partial charge in [0.1, 0.15) is 10.5 Å². The fourth-order valence-corrected chi connectivity index (χ4v) is 2.88. The highest BCUT2D eigenvalue weighted by Crippen LogP contribution is 2.21. The third-order valence-corrected chi connectivity index (χ3v) is 4.15. The Hall–Kier alpha value is -2.74. The normalized spacial score (nSPS) is 10.8. The molecule has 3 N–H and O–H groups in total. The average Bonchev–Trinajstić information content (AvgIpc) is 3.02. The number of hydrogen-bond acceptors (Lipinski definition) is 5. The van der Waals surface area contributed by atoms with Crippen LogP contribution in [0.3, 0.4) is 0 Å². The molecule has 0 radical (unpaired) electrons. The van der Waals surface area contributed by atoms with E-state index in [0.29, 0.717) is 16.9 Å². The predicted molar refractivity (Wildman–Crippen MR) is 84.0 cm³/mol. The van der Waals surface area contributed by atoms with E-state index in [9.17, 15) is 9.59 Å². The van der Waals surface area contributed by atoms with Crippen LogP contribution in [0.2, 0.25) is 0 Å². The molecule has 0 aromatic carbocycles. The lowest BCUT2D eigenvalue weighted by molar-refractivity contribution is 0.0990. The summed E-state index contributed by atoms with van der Waals surface area (Å²) in [6.07, 6.45) is 3.13. The number of amides is 2. The zero-order valence-electron chi connectivity index (χ0n) is 12.0. The first-order valence-electron chi connectivity index (χ1n) is 6.45. The van der Waals surface area contributed by atoms with Crippen LogP contribution in [0, 0.1) is 6.92 Å². The van der Waals surface area contributed by atoms with Gasteiger partial charge in [-0.2, -0.15) is 4.37 Å². The van der Waals surface area contributed by atoms with Crippen molar-refractivity contribution >= 4 is 39.3 Å². The van der Waals surface area contributed by atoms with Gasteiger partial charge in [-0.05, 0) is 30.6 Å². The third kappa shape index (κ3) is 2.44. The second-order valence-corrected chi connectivity index (χ2v) is 5.64. The summed E-state index contributed by atoms with van der Waals surface area (Å²) in [7, 11) is 1.68. The summed E-state index contributed by atoms with van der Waals surface area (Å²) in [5, 5.41) is 3.59. The van der Waals surface area contributed by atoms with Crippen LogP contribution >= 0.6 is 11.5 Å². The molecule has 2 amide bonds. The lowest BCUT2D eigenvalue weighted by atomic mass is 10.2. The van der Waals surface area contributed by atoms with Gasteiger partial charge in [-0.15, -0.1) is 0 Å². The fourth-order valence-electron chi connectivity index (χ4n) is 2.15. The molecule has 3 rings (SSSR count). The van der Waals surface area contributed by atoms with E-state index in [4.69, 9.17) is 5.73 Å². The minimum Gasteiger partial charge on any atom is -0.364 e. The summed E-state index contributed by atoms with van der Waals surface area (Å²) in [6.45, 7) is 1.87. The number of hydrogen-bond donors (Lipinski definition) is 2. The third-order valence-electron chi connectivity index (χ3n) is 3.29. The lowest BCUT2D eigenvalue weighted by Gasteiger charge is -2.02. The van der Waals surface area contributed by atoms with Gasteiger partial charge in [-0.1, -0.05) is 0 Å². The predicted octanol–water partition coefficient (Wildman–Crippen LogP) is 1.69. The maximum absolute atomic E-state index is 12.3. The summed E-state index contributed by atoms with van der Waals surface area (Å²) in [5.41, 5.74) is 7.35. The topological polar surface area (TPSA) is 103 Å². The molecule has 0 aliphatic carbocycles. The Morgan fingerprint density at radius 1 is 1.36 bits per heavy atom. The first kappa shape index (κ1) is 14.2. The first-order valence-corrected chi connectivity index (χ1v) is 7.22. The number of aryl methyl sites for hydroxylation is 2. The van der Waals surface area contributed by atoms with Crippen molar-refractivity contribution in [2.24, 2.45) is 12.8 Å². The number of rotatable bonds is 3. The number of carbonyl (C=O) groups excluding carboxylic acids is 2. The zero-order chi connectivity index (χ0) is 15.9. The quantitative estimate of drug-likeness (QED) is 0.767. The molecule has 0 saturated heterocycles. The largest absolute Gasteiger partial charge is 0.364 e. The number of aromatic nitrogens is 3. The van der Waals surface area contributed by atoms with Crippen molar-refractivity contribution in [3.8, 4) is 0 Å². The summed E-state index contributed by atoms with van der Waals surface area (Å²) in [5.74, 6) is -0.854. The van der Waals surface area contributed by atoms with E-state index in [0.717, 1.165) is 15.9 Å². The summed E-state index contributed by atoms with van der Waals surface area (Å²) >= 11 is 1.30. The van der Waals surface area contributed by atoms with Gasteiger partial charge in [-0.3, -0.25) is 9.59 Å². The Morgan fingerprint density at radius 2 is 2.14 bits per heavy atom. The molecule has 3 aromatic rings. The minimum atomic E-state index is -0.550. The maximum atomic E-state index is 12.3. The molecular weight excluding hydrogens is 302 g/mol. The van der Waals surface area contributed by atoms with E-state index in [2.05, 4.69) is 14.7 Å². The average molecular weight is 315 g/mol. The number of nitrogens with zero attached hydrogens (tertiary/aromatic N) is 3. The SMILES string of the molecule is Cc1nsc2ncc(C(=O)Nc3cc(C(N)=O)n(C)c3)cc12. The zero-order valence-corrected chi connectivity index (χ0v) is 12.8. The maximum Gasteiger partial charge on any atom is 0.265 e. The van der Waals surface area contributed by atoms with E-state index in [-0.39, 0.29) is 5.91 Å². The number of carbonyl (C=O) groups is 2. The van der Waals surface area contributed by atoms with E-state index in [1.54, 1.807) is 23.9 Å². The molecule has 3 aromatic heterocycles. The van der Waals surface area contributed by atoms with E-state index in [1.807, 2.05) is 6.92 Å². The van der Waals surface area contributed by atoms with Crippen LogP contribution in [0.15, 0.2) is 24.5 Å². The van der Waals surface area contributed by atoms with Crippen LogP contribution in [-0.2, 0) is 7.05 Å². The molecule has 0 fully saturated rings. The molecular formula is C14H13N5O2S. The van der Waals surface area contributed by atoms with Gasteiger partial charge in [0.25, 0.3) is 11.8 Å². The monoisotopic (exact) mass is 315 g/mol. The number of anilines is 1. The summed E-state index contributed by atoms with van der Waals surface area (Å²) in [6, 6.07) is 3.29. The highest BCUT2D eigenvalue weighted by Gasteiger charge is 2.13. The van der Waals surface area contributed by atoms with E-state index >= 15 is 0 Å². The van der Waals surface area contributed by atoms with Gasteiger partial charge in [-0.25, -0.2) is 4.98 Å². The van der Waals surface area contributed by atoms with Gasteiger partial charge in [0.15, 0.2) is 0 Å². The van der Waals surface area contributed by atoms with Crippen molar-refractivity contribution in [3.63, 3.8) is 0 Å². The molecule has 0 spiro atoms. The van der Waals surface area contributed by atoms with Gasteiger partial charge < -0.3 is 15.6 Å². The van der Waals surface area contributed by atoms with Crippen LogP contribution in [0.1, 0.15) is 26.5 Å². The number of nitrogens with two attached hydrogens (primary N) is 1. The smallest absolute Gasteiger partial charge is 0.265 e. The van der Waals surface area contributed by atoms with Crippen molar-refractivity contribution in [3.05, 3.63) is 41.5 Å². The second kappa shape index (κ2) is 5.23. The Bertz CT molecular complexity index is 896. The molecule has 0 aliphatic rings. The Balaban J connectivity index is 1.88. The Morgan fingerprint density at radius 3 is 2.82 bits per heavy atom. The van der Waals surface area contributed by atoms with Crippen LogP contribution in [0.4, 0.5) is 5.69 Å². The minimum absolute atomic E-state index is 0.304. The number of pyridine rings is 1. The second-order valence-electron chi connectivity index (χ2n) is 4.89. The van der Waals surface area contributed by atoms with Crippen LogP contribution in [0.5, 0.6) is 0 Å². The lowest BCUT2D eigenvalue weighted by Crippen LogP contribution is -2.14. The molecule has 0 atom stereocenters. The van der Waals surface area contributed by atoms with E-state index in [1.165, 1.54) is 23.8 Å². The molecule has 3 heterocycles. The van der Waals surface area contributed by atoms with Crippen molar-refractivity contribution in [2.45, 2.75) is 6.92 Å². The van der Waals surface area contributed by atoms with Crippen molar-refractivity contribution < 1.29 is 9.59 Å². The van der Waals surface area contributed by atoms with E-state index < -0.39 is 5.91 Å². The highest BCUT2D eigenvalue weighted by molar-refractivity contribution is 7.12. The molecule has 8 heteroatoms. The van der Waals surface area contributed by atoms with Gasteiger partial charge >= 0.3 is 0 Å². The van der Waals surface area contributed by atoms with Gasteiger partial charge in [0.05, 0.1) is 16.9 Å².